The van der Waals surface area contributed by atoms with Gasteiger partial charge in [-0.25, -0.2) is 0 Å². The number of amides is 1. The molecular weight excluding hydrogens is 376 g/mol. The largest absolute Gasteiger partial charge is 0.450 e. The molecule has 0 bridgehead atoms. The van der Waals surface area contributed by atoms with Crippen molar-refractivity contribution in [3.05, 3.63) is 74.0 Å². The average Bonchev–Trinajstić information content (AvgIpc) is 2.92. The summed E-state index contributed by atoms with van der Waals surface area (Å²) in [6.07, 6.45) is 1.53. The lowest BCUT2D eigenvalue weighted by atomic mass is 10.2. The number of nitro benzene ring substituents is 2. The molecule has 136 valence electrons. The van der Waals surface area contributed by atoms with E-state index in [9.17, 15) is 25.0 Å². The summed E-state index contributed by atoms with van der Waals surface area (Å²) in [5.74, 6) is -0.270. The van der Waals surface area contributed by atoms with E-state index < -0.39 is 21.2 Å². The molecule has 1 aliphatic heterocycles. The molecule has 1 fully saturated rings. The third-order valence-corrected chi connectivity index (χ3v) is 3.67. The third-order valence-electron chi connectivity index (χ3n) is 3.47. The second-order valence-electron chi connectivity index (χ2n) is 5.31. The standard InChI is InChI=1S/C16H10N4O6S/c21-15-12(17-16(27)18-15)7-9-2-1-3-11(6-9)26-14-5-4-10(19(22)23)8-13(14)20(24)25/h1-8H,(H2,17,18,21,27). The fraction of sp³-hybridized carbons (Fsp3) is 0. The Kier molecular flexibility index (Phi) is 4.77. The van der Waals surface area contributed by atoms with Crippen LogP contribution in [0.3, 0.4) is 0 Å². The van der Waals surface area contributed by atoms with Crippen LogP contribution in [0.4, 0.5) is 11.4 Å². The first-order chi connectivity index (χ1) is 12.8. The van der Waals surface area contributed by atoms with E-state index in [0.717, 1.165) is 18.2 Å². The lowest BCUT2D eigenvalue weighted by Gasteiger charge is -2.07. The van der Waals surface area contributed by atoms with Gasteiger partial charge in [-0.15, -0.1) is 0 Å². The quantitative estimate of drug-likeness (QED) is 0.346. The molecule has 1 aliphatic rings. The molecule has 1 saturated heterocycles. The number of nitrogens with one attached hydrogen (secondary N) is 2. The number of thiocarbonyl (C=S) groups is 1. The molecule has 2 aromatic rings. The SMILES string of the molecule is O=C1NC(=S)NC1=Cc1cccc(Oc2ccc([N+](=O)[O-])cc2[N+](=O)[O-])c1. The number of benzene rings is 2. The Hall–Kier alpha value is -3.86. The van der Waals surface area contributed by atoms with E-state index in [2.05, 4.69) is 10.6 Å². The molecule has 10 nitrogen and oxygen atoms in total. The van der Waals surface area contributed by atoms with E-state index in [1.165, 1.54) is 6.08 Å². The monoisotopic (exact) mass is 386 g/mol. The summed E-state index contributed by atoms with van der Waals surface area (Å²) >= 11 is 4.85. The van der Waals surface area contributed by atoms with Crippen molar-refractivity contribution in [2.75, 3.05) is 0 Å². The minimum Gasteiger partial charge on any atom is -0.450 e. The number of rotatable bonds is 5. The molecule has 11 heteroatoms. The fourth-order valence-corrected chi connectivity index (χ4v) is 2.49. The van der Waals surface area contributed by atoms with Crippen molar-refractivity contribution in [3.63, 3.8) is 0 Å². The van der Waals surface area contributed by atoms with Crippen LogP contribution in [0, 0.1) is 20.2 Å². The Bertz CT molecular complexity index is 1020. The van der Waals surface area contributed by atoms with Gasteiger partial charge in [0.1, 0.15) is 11.4 Å². The van der Waals surface area contributed by atoms with Crippen molar-refractivity contribution in [2.24, 2.45) is 0 Å². The number of ether oxygens (including phenoxy) is 1. The van der Waals surface area contributed by atoms with Crippen LogP contribution in [-0.4, -0.2) is 20.9 Å². The Balaban J connectivity index is 1.90. The second-order valence-corrected chi connectivity index (χ2v) is 5.72. The van der Waals surface area contributed by atoms with Gasteiger partial charge in [0.05, 0.1) is 15.9 Å². The van der Waals surface area contributed by atoms with E-state index in [4.69, 9.17) is 17.0 Å². The van der Waals surface area contributed by atoms with Crippen molar-refractivity contribution in [3.8, 4) is 11.5 Å². The molecule has 0 unspecified atom stereocenters. The minimum absolute atomic E-state index is 0.145. The normalized spacial score (nSPS) is 14.6. The highest BCUT2D eigenvalue weighted by molar-refractivity contribution is 7.80. The molecule has 0 spiro atoms. The molecule has 0 saturated carbocycles. The maximum absolute atomic E-state index is 11.7. The van der Waals surface area contributed by atoms with Crippen molar-refractivity contribution in [2.45, 2.75) is 0 Å². The Morgan fingerprint density at radius 3 is 2.44 bits per heavy atom. The summed E-state index contributed by atoms with van der Waals surface area (Å²) in [6.45, 7) is 0. The summed E-state index contributed by atoms with van der Waals surface area (Å²) in [7, 11) is 0. The first-order valence-corrected chi connectivity index (χ1v) is 7.79. The summed E-state index contributed by atoms with van der Waals surface area (Å²) in [5, 5.41) is 27.3. The van der Waals surface area contributed by atoms with E-state index >= 15 is 0 Å². The van der Waals surface area contributed by atoms with Crippen LogP contribution >= 0.6 is 12.2 Å². The van der Waals surface area contributed by atoms with Gasteiger partial charge in [0.15, 0.2) is 5.11 Å². The lowest BCUT2D eigenvalue weighted by Crippen LogP contribution is -2.21. The number of hydrogen-bond acceptors (Lipinski definition) is 7. The van der Waals surface area contributed by atoms with Crippen LogP contribution in [0.1, 0.15) is 5.56 Å². The predicted molar refractivity (Wildman–Crippen MR) is 98.1 cm³/mol. The van der Waals surface area contributed by atoms with Gasteiger partial charge in [0.2, 0.25) is 5.75 Å². The molecule has 3 rings (SSSR count). The lowest BCUT2D eigenvalue weighted by molar-refractivity contribution is -0.394. The number of hydrogen-bond donors (Lipinski definition) is 2. The minimum atomic E-state index is -0.762. The number of nitrogens with zero attached hydrogens (tertiary/aromatic N) is 2. The van der Waals surface area contributed by atoms with Gasteiger partial charge < -0.3 is 10.1 Å². The molecule has 1 amide bonds. The van der Waals surface area contributed by atoms with Crippen molar-refractivity contribution in [1.29, 1.82) is 0 Å². The number of non-ortho nitro benzene ring substituents is 1. The van der Waals surface area contributed by atoms with Crippen molar-refractivity contribution >= 4 is 40.7 Å². The third kappa shape index (κ3) is 4.04. The van der Waals surface area contributed by atoms with Crippen molar-refractivity contribution in [1.82, 2.24) is 10.6 Å². The molecule has 27 heavy (non-hydrogen) atoms. The molecule has 0 aliphatic carbocycles. The number of carbonyl (C=O) groups excluding carboxylic acids is 1. The molecular formula is C16H10N4O6S. The maximum atomic E-state index is 11.7. The van der Waals surface area contributed by atoms with Crippen molar-refractivity contribution < 1.29 is 19.4 Å². The van der Waals surface area contributed by atoms with E-state index in [-0.39, 0.29) is 28.2 Å². The van der Waals surface area contributed by atoms with Crippen LogP contribution in [0.2, 0.25) is 0 Å². The number of nitro groups is 2. The average molecular weight is 386 g/mol. The van der Waals surface area contributed by atoms with Crippen LogP contribution < -0.4 is 15.4 Å². The van der Waals surface area contributed by atoms with Crippen LogP contribution in [0.5, 0.6) is 11.5 Å². The van der Waals surface area contributed by atoms with Crippen LogP contribution in [0.25, 0.3) is 6.08 Å². The predicted octanol–water partition coefficient (Wildman–Crippen LogP) is 2.64. The van der Waals surface area contributed by atoms with Gasteiger partial charge in [-0.05, 0) is 42.1 Å². The van der Waals surface area contributed by atoms with E-state index in [0.29, 0.717) is 5.56 Å². The molecule has 0 atom stereocenters. The summed E-state index contributed by atoms with van der Waals surface area (Å²) in [6, 6.07) is 9.53. The second kappa shape index (κ2) is 7.17. The zero-order chi connectivity index (χ0) is 19.6. The van der Waals surface area contributed by atoms with E-state index in [1.807, 2.05) is 0 Å². The first kappa shape index (κ1) is 17.9. The smallest absolute Gasteiger partial charge is 0.318 e. The summed E-state index contributed by atoms with van der Waals surface area (Å²) in [5.41, 5.74) is -0.116. The fourth-order valence-electron chi connectivity index (χ4n) is 2.29. The van der Waals surface area contributed by atoms with E-state index in [1.54, 1.807) is 24.3 Å². The number of carbonyl (C=O) groups is 1. The Morgan fingerprint density at radius 2 is 1.81 bits per heavy atom. The summed E-state index contributed by atoms with van der Waals surface area (Å²) < 4.78 is 5.52. The van der Waals surface area contributed by atoms with Crippen LogP contribution in [0.15, 0.2) is 48.2 Å². The molecule has 0 radical (unpaired) electrons. The maximum Gasteiger partial charge on any atom is 0.318 e. The molecule has 2 N–H and O–H groups in total. The van der Waals surface area contributed by atoms with Gasteiger partial charge in [-0.3, -0.25) is 30.3 Å². The van der Waals surface area contributed by atoms with Gasteiger partial charge >= 0.3 is 5.69 Å². The molecule has 2 aromatic carbocycles. The van der Waals surface area contributed by atoms with Gasteiger partial charge in [-0.2, -0.15) is 0 Å². The first-order valence-electron chi connectivity index (χ1n) is 7.38. The van der Waals surface area contributed by atoms with Gasteiger partial charge in [-0.1, -0.05) is 12.1 Å². The molecule has 1 heterocycles. The Labute approximate surface area is 156 Å². The van der Waals surface area contributed by atoms with Gasteiger partial charge in [0, 0.05) is 6.07 Å². The van der Waals surface area contributed by atoms with Crippen LogP contribution in [-0.2, 0) is 4.79 Å². The summed E-state index contributed by atoms with van der Waals surface area (Å²) in [4.78, 5) is 32.2. The highest BCUT2D eigenvalue weighted by Crippen LogP contribution is 2.34. The molecule has 0 aromatic heterocycles. The zero-order valence-corrected chi connectivity index (χ0v) is 14.2. The van der Waals surface area contributed by atoms with Gasteiger partial charge in [0.25, 0.3) is 11.6 Å². The Morgan fingerprint density at radius 1 is 1.04 bits per heavy atom. The topological polar surface area (TPSA) is 137 Å². The highest BCUT2D eigenvalue weighted by Gasteiger charge is 2.22. The highest BCUT2D eigenvalue weighted by atomic mass is 32.1. The zero-order valence-electron chi connectivity index (χ0n) is 13.4.